The Kier molecular flexibility index (Phi) is 9.44. The molecular formula is C30H53N3O5Si2. The monoisotopic (exact) mass is 591 g/mol. The molecule has 4 aliphatic carbocycles. The van der Waals surface area contributed by atoms with Gasteiger partial charge in [-0.05, 0) is 113 Å². The molecule has 4 rings (SSSR count). The average molecular weight is 592 g/mol. The fraction of sp³-hybridized carbons (Fsp3) is 0.833. The quantitative estimate of drug-likeness (QED) is 0.157. The average Bonchev–Trinajstić information content (AvgIpc) is 3.23. The summed E-state index contributed by atoms with van der Waals surface area (Å²) in [5, 5.41) is 13.4. The van der Waals surface area contributed by atoms with Crippen molar-refractivity contribution in [2.75, 3.05) is 27.9 Å². The maximum atomic E-state index is 7.21. The van der Waals surface area contributed by atoms with Crippen LogP contribution in [0.25, 0.3) is 0 Å². The van der Waals surface area contributed by atoms with E-state index in [1.54, 1.807) is 21.3 Å². The van der Waals surface area contributed by atoms with Gasteiger partial charge in [0.25, 0.3) is 0 Å². The molecule has 8 nitrogen and oxygen atoms in total. The normalized spacial score (nSPS) is 37.5. The maximum absolute atomic E-state index is 7.21. The predicted octanol–water partition coefficient (Wildman–Crippen LogP) is 6.86. The minimum Gasteiger partial charge on any atom is -0.414 e. The largest absolute Gasteiger partial charge is 0.414 e. The highest BCUT2D eigenvalue weighted by Gasteiger charge is 2.65. The Labute approximate surface area is 244 Å². The number of hydrogen-bond acceptors (Lipinski definition) is 8. The zero-order valence-electron chi connectivity index (χ0n) is 26.6. The summed E-state index contributed by atoms with van der Waals surface area (Å²) in [5.74, 6) is 1.65. The van der Waals surface area contributed by atoms with Gasteiger partial charge in [-0.2, -0.15) is 0 Å². The highest BCUT2D eigenvalue weighted by molar-refractivity contribution is 6.70. The number of oxime groups is 3. The summed E-state index contributed by atoms with van der Waals surface area (Å²) < 4.78 is 13.6. The van der Waals surface area contributed by atoms with Gasteiger partial charge in [0, 0.05) is 17.4 Å². The minimum atomic E-state index is -1.86. The minimum absolute atomic E-state index is 0.0903. The molecule has 0 N–H and O–H groups in total. The Hall–Kier alpha value is -1.50. The molecule has 0 aliphatic heterocycles. The zero-order chi connectivity index (χ0) is 29.3. The molecule has 0 heterocycles. The topological polar surface area (TPSA) is 83.2 Å². The Morgan fingerprint density at radius 3 is 2.35 bits per heavy atom. The lowest BCUT2D eigenvalue weighted by Crippen LogP contribution is -2.60. The Bertz CT molecular complexity index is 1030. The van der Waals surface area contributed by atoms with Gasteiger partial charge in [-0.15, -0.1) is 0 Å². The van der Waals surface area contributed by atoms with Crippen molar-refractivity contribution < 1.29 is 23.4 Å². The van der Waals surface area contributed by atoms with Crippen molar-refractivity contribution in [1.82, 2.24) is 0 Å². The van der Waals surface area contributed by atoms with E-state index in [1.807, 2.05) is 0 Å². The summed E-state index contributed by atoms with van der Waals surface area (Å²) in [4.78, 5) is 16.0. The van der Waals surface area contributed by atoms with E-state index in [0.717, 1.165) is 56.4 Å². The Morgan fingerprint density at radius 2 is 1.73 bits per heavy atom. The third-order valence-electron chi connectivity index (χ3n) is 9.87. The molecule has 0 aromatic heterocycles. The first-order chi connectivity index (χ1) is 18.8. The van der Waals surface area contributed by atoms with Crippen molar-refractivity contribution in [3.63, 3.8) is 0 Å². The summed E-state index contributed by atoms with van der Waals surface area (Å²) in [7, 11) is 1.32. The van der Waals surface area contributed by atoms with Crippen LogP contribution < -0.4 is 0 Å². The number of fused-ring (bicyclic) bond motifs is 5. The van der Waals surface area contributed by atoms with Gasteiger partial charge in [-0.3, -0.25) is 0 Å². The summed E-state index contributed by atoms with van der Waals surface area (Å²) in [6.07, 6.45) is 12.0. The van der Waals surface area contributed by atoms with E-state index in [4.69, 9.17) is 23.4 Å². The molecular weight excluding hydrogens is 539 g/mol. The molecule has 226 valence electrons. The molecule has 40 heavy (non-hydrogen) atoms. The van der Waals surface area contributed by atoms with Crippen LogP contribution >= 0.6 is 0 Å². The molecule has 3 saturated carbocycles. The van der Waals surface area contributed by atoms with Crippen LogP contribution in [0.2, 0.25) is 39.3 Å². The fourth-order valence-corrected chi connectivity index (χ4v) is 10.3. The molecule has 0 saturated heterocycles. The molecule has 0 aromatic carbocycles. The van der Waals surface area contributed by atoms with Crippen LogP contribution in [0, 0.1) is 34.5 Å². The second kappa shape index (κ2) is 12.0. The summed E-state index contributed by atoms with van der Waals surface area (Å²) >= 11 is 0. The maximum Gasteiger partial charge on any atom is 0.184 e. The second-order valence-corrected chi connectivity index (χ2v) is 23.5. The first kappa shape index (κ1) is 31.4. The van der Waals surface area contributed by atoms with E-state index < -0.39 is 16.6 Å². The van der Waals surface area contributed by atoms with Gasteiger partial charge >= 0.3 is 0 Å². The molecule has 0 radical (unpaired) electrons. The smallest absolute Gasteiger partial charge is 0.184 e. The molecule has 7 atom stereocenters. The third-order valence-corrected chi connectivity index (χ3v) is 11.9. The molecule has 4 aliphatic rings. The van der Waals surface area contributed by atoms with Gasteiger partial charge < -0.3 is 23.4 Å². The van der Waals surface area contributed by atoms with Crippen LogP contribution in [0.3, 0.4) is 0 Å². The van der Waals surface area contributed by atoms with E-state index in [9.17, 15) is 0 Å². The van der Waals surface area contributed by atoms with E-state index in [1.165, 1.54) is 5.57 Å². The van der Waals surface area contributed by atoms with Gasteiger partial charge in [0.2, 0.25) is 0 Å². The van der Waals surface area contributed by atoms with Crippen LogP contribution in [0.5, 0.6) is 0 Å². The van der Waals surface area contributed by atoms with E-state index >= 15 is 0 Å². The Morgan fingerprint density at radius 1 is 0.975 bits per heavy atom. The van der Waals surface area contributed by atoms with Crippen molar-refractivity contribution in [1.29, 1.82) is 0 Å². The number of hydrogen-bond donors (Lipinski definition) is 0. The molecule has 0 unspecified atom stereocenters. The molecule has 0 amide bonds. The molecule has 10 heteroatoms. The lowest BCUT2D eigenvalue weighted by molar-refractivity contribution is -0.0982. The first-order valence-electron chi connectivity index (χ1n) is 15.1. The number of nitrogens with zero attached hydrogens (tertiary/aromatic N) is 3. The zero-order valence-corrected chi connectivity index (χ0v) is 28.6. The van der Waals surface area contributed by atoms with E-state index in [2.05, 4.69) is 74.0 Å². The SMILES string of the molecule is CO/N=C\[C@]12C[C@H](O[Si](C)(C)C)[C@H]3[C@@H](CCC4=C/C(=N\OC)CC[C@@]43C)[C@@H]1CC[C@H]2/C(CO[Si](C)(C)C)=N\OC. The molecule has 3 fully saturated rings. The molecule has 0 spiro atoms. The van der Waals surface area contributed by atoms with Crippen LogP contribution in [0.15, 0.2) is 27.1 Å². The highest BCUT2D eigenvalue weighted by atomic mass is 28.4. The van der Waals surface area contributed by atoms with Crippen LogP contribution in [0.4, 0.5) is 0 Å². The number of rotatable bonds is 10. The second-order valence-electron chi connectivity index (χ2n) is 14.5. The van der Waals surface area contributed by atoms with Crippen molar-refractivity contribution >= 4 is 34.3 Å². The van der Waals surface area contributed by atoms with Gasteiger partial charge in [-0.1, -0.05) is 28.0 Å². The van der Waals surface area contributed by atoms with Crippen LogP contribution in [-0.2, 0) is 23.4 Å². The number of allylic oxidation sites excluding steroid dienone is 2. The highest BCUT2D eigenvalue weighted by Crippen LogP contribution is 2.67. The van der Waals surface area contributed by atoms with Gasteiger partial charge in [0.05, 0.1) is 24.2 Å². The molecule has 0 aromatic rings. The van der Waals surface area contributed by atoms with E-state index in [0.29, 0.717) is 24.4 Å². The van der Waals surface area contributed by atoms with E-state index in [-0.39, 0.29) is 22.9 Å². The van der Waals surface area contributed by atoms with Crippen molar-refractivity contribution in [3.05, 3.63) is 11.6 Å². The van der Waals surface area contributed by atoms with Crippen LogP contribution in [0.1, 0.15) is 51.9 Å². The lowest BCUT2D eigenvalue weighted by Gasteiger charge is -2.61. The fourth-order valence-electron chi connectivity index (χ4n) is 8.58. The standard InChI is InChI=1S/C30H53N3O5Si2/c1-29-16-15-22(32-35-3)17-21(29)11-12-23-24-13-14-25(26(33-36-4)19-37-39(5,6)7)30(24,20-31-34-2)18-27(28(23)29)38-40(8,9)10/h17,20,23-25,27-28H,11-16,18-19H2,1-10H3/b31-20-,32-22-,33-26-/t23-,24-,25-,27-,28+,29-,30+/m0/s1. The first-order valence-corrected chi connectivity index (χ1v) is 21.9. The van der Waals surface area contributed by atoms with Gasteiger partial charge in [-0.25, -0.2) is 0 Å². The van der Waals surface area contributed by atoms with Gasteiger partial charge in [0.15, 0.2) is 16.6 Å². The Balaban J connectivity index is 1.80. The van der Waals surface area contributed by atoms with Crippen molar-refractivity contribution in [3.8, 4) is 0 Å². The third kappa shape index (κ3) is 6.29. The van der Waals surface area contributed by atoms with Crippen molar-refractivity contribution in [2.45, 2.75) is 97.3 Å². The lowest BCUT2D eigenvalue weighted by atomic mass is 9.45. The summed E-state index contributed by atoms with van der Waals surface area (Å²) in [6, 6.07) is 0. The summed E-state index contributed by atoms with van der Waals surface area (Å²) in [6.45, 7) is 16.6. The predicted molar refractivity (Wildman–Crippen MR) is 167 cm³/mol. The van der Waals surface area contributed by atoms with Gasteiger partial charge in [0.1, 0.15) is 21.3 Å². The summed E-state index contributed by atoms with van der Waals surface area (Å²) in [5.41, 5.74) is 3.47. The van der Waals surface area contributed by atoms with Crippen molar-refractivity contribution in [2.24, 2.45) is 50.0 Å². The van der Waals surface area contributed by atoms with Crippen LogP contribution in [-0.4, -0.2) is 68.3 Å². The molecule has 0 bridgehead atoms.